The van der Waals surface area contributed by atoms with E-state index >= 15 is 0 Å². The van der Waals surface area contributed by atoms with Gasteiger partial charge in [-0.05, 0) is 25.5 Å². The predicted octanol–water partition coefficient (Wildman–Crippen LogP) is 2.60. The van der Waals surface area contributed by atoms with Gasteiger partial charge >= 0.3 is 11.7 Å². The molecule has 1 aromatic carbocycles. The second kappa shape index (κ2) is 9.04. The number of rotatable bonds is 8. The van der Waals surface area contributed by atoms with Crippen LogP contribution in [0.2, 0.25) is 0 Å². The topological polar surface area (TPSA) is 125 Å². The Morgan fingerprint density at radius 1 is 1.19 bits per heavy atom. The zero-order chi connectivity index (χ0) is 22.7. The number of fused-ring (bicyclic) bond motifs is 2. The first-order valence-electron chi connectivity index (χ1n) is 10.4. The van der Waals surface area contributed by atoms with Gasteiger partial charge in [-0.3, -0.25) is 14.3 Å². The van der Waals surface area contributed by atoms with E-state index < -0.39 is 17.2 Å². The quantitative estimate of drug-likeness (QED) is 0.332. The number of hydrogen-bond donors (Lipinski definition) is 1. The highest BCUT2D eigenvalue weighted by Crippen LogP contribution is 2.16. The molecular weight excluding hydrogens is 414 g/mol. The molecule has 10 nitrogen and oxygen atoms in total. The van der Waals surface area contributed by atoms with Crippen LogP contribution >= 0.6 is 0 Å². The Hall–Kier alpha value is -3.95. The van der Waals surface area contributed by atoms with Crippen LogP contribution in [0.4, 0.5) is 0 Å². The number of nitrogens with one attached hydrogen (secondary N) is 1. The summed E-state index contributed by atoms with van der Waals surface area (Å²) in [6.45, 7) is 4.58. The summed E-state index contributed by atoms with van der Waals surface area (Å²) in [6.07, 6.45) is 4.30. The van der Waals surface area contributed by atoms with E-state index in [2.05, 4.69) is 15.0 Å². The van der Waals surface area contributed by atoms with E-state index in [1.54, 1.807) is 10.6 Å². The molecule has 4 rings (SSSR count). The van der Waals surface area contributed by atoms with E-state index in [4.69, 9.17) is 9.15 Å². The third kappa shape index (κ3) is 4.11. The van der Waals surface area contributed by atoms with Crippen molar-refractivity contribution in [2.45, 2.75) is 46.4 Å². The fourth-order valence-electron chi connectivity index (χ4n) is 3.48. The molecule has 1 N–H and O–H groups in total. The van der Waals surface area contributed by atoms with Crippen LogP contribution < -0.4 is 11.2 Å². The molecule has 3 heterocycles. The van der Waals surface area contributed by atoms with E-state index in [1.807, 2.05) is 32.0 Å². The fraction of sp³-hybridized carbons (Fsp3) is 0.318. The number of nitrogens with zero attached hydrogens (tertiary/aromatic N) is 4. The average molecular weight is 437 g/mol. The van der Waals surface area contributed by atoms with E-state index in [-0.39, 0.29) is 18.0 Å². The highest BCUT2D eigenvalue weighted by Gasteiger charge is 2.18. The van der Waals surface area contributed by atoms with Gasteiger partial charge < -0.3 is 13.7 Å². The van der Waals surface area contributed by atoms with Crippen molar-refractivity contribution in [2.75, 3.05) is 0 Å². The lowest BCUT2D eigenvalue weighted by molar-refractivity contribution is -0.139. The summed E-state index contributed by atoms with van der Waals surface area (Å²) < 4.78 is 13.9. The number of esters is 1. The minimum atomic E-state index is -0.612. The Bertz CT molecular complexity index is 1390. The molecule has 0 fully saturated rings. The molecule has 0 aliphatic heterocycles. The van der Waals surface area contributed by atoms with Gasteiger partial charge in [0.25, 0.3) is 5.56 Å². The second-order valence-electron chi connectivity index (χ2n) is 7.17. The number of carbonyl (C=O) groups is 1. The van der Waals surface area contributed by atoms with Crippen molar-refractivity contribution in [3.8, 4) is 0 Å². The van der Waals surface area contributed by atoms with Crippen molar-refractivity contribution in [3.05, 3.63) is 62.9 Å². The Kier molecular flexibility index (Phi) is 6.02. The SMILES string of the molecule is CCCCn1c(=O)[nH]c(=O)c2c1nc(COC(=O)/C=C/c1nc3ccccc3o1)n2CC. The highest BCUT2D eigenvalue weighted by atomic mass is 16.5. The lowest BCUT2D eigenvalue weighted by Gasteiger charge is -2.06. The number of para-hydroxylation sites is 2. The number of carbonyl (C=O) groups excluding carboxylic acids is 1. The standard InChI is InChI=1S/C22H23N5O5/c1-3-5-12-27-20-19(21(29)25-22(27)30)26(4-2)16(24-20)13-31-18(28)11-10-17-23-14-8-6-7-9-15(14)32-17/h6-11H,3-5,12-13H2,1-2H3,(H,25,29,30)/b11-10+. The third-order valence-electron chi connectivity index (χ3n) is 5.03. The molecule has 166 valence electrons. The zero-order valence-electron chi connectivity index (χ0n) is 17.8. The Morgan fingerprint density at radius 2 is 2.00 bits per heavy atom. The number of unbranched alkanes of at least 4 members (excludes halogenated alkanes) is 1. The van der Waals surface area contributed by atoms with Gasteiger partial charge in [0.1, 0.15) is 17.9 Å². The number of hydrogen-bond acceptors (Lipinski definition) is 7. The van der Waals surface area contributed by atoms with Crippen molar-refractivity contribution >= 4 is 34.3 Å². The van der Waals surface area contributed by atoms with E-state index in [9.17, 15) is 14.4 Å². The van der Waals surface area contributed by atoms with Crippen LogP contribution in [0.1, 0.15) is 38.4 Å². The summed E-state index contributed by atoms with van der Waals surface area (Å²) in [7, 11) is 0. The fourth-order valence-corrected chi connectivity index (χ4v) is 3.48. The number of imidazole rings is 1. The van der Waals surface area contributed by atoms with Crippen LogP contribution in [0, 0.1) is 0 Å². The van der Waals surface area contributed by atoms with Crippen LogP contribution in [-0.4, -0.2) is 30.1 Å². The molecule has 0 radical (unpaired) electrons. The van der Waals surface area contributed by atoms with Crippen LogP contribution in [0.5, 0.6) is 0 Å². The van der Waals surface area contributed by atoms with Crippen molar-refractivity contribution < 1.29 is 13.9 Å². The molecule has 0 saturated carbocycles. The molecular formula is C22H23N5O5. The van der Waals surface area contributed by atoms with Gasteiger partial charge in [-0.15, -0.1) is 0 Å². The van der Waals surface area contributed by atoms with Crippen molar-refractivity contribution in [2.24, 2.45) is 0 Å². The largest absolute Gasteiger partial charge is 0.454 e. The molecule has 0 aliphatic carbocycles. The Labute approximate surface area is 182 Å². The van der Waals surface area contributed by atoms with Gasteiger partial charge in [0.15, 0.2) is 16.7 Å². The number of H-pyrrole nitrogens is 1. The molecule has 0 atom stereocenters. The summed E-state index contributed by atoms with van der Waals surface area (Å²) in [6, 6.07) is 7.28. The van der Waals surface area contributed by atoms with Gasteiger partial charge in [-0.1, -0.05) is 25.5 Å². The first-order chi connectivity index (χ1) is 15.5. The summed E-state index contributed by atoms with van der Waals surface area (Å²) in [5, 5.41) is 0. The summed E-state index contributed by atoms with van der Waals surface area (Å²) in [4.78, 5) is 48.0. The molecule has 32 heavy (non-hydrogen) atoms. The Balaban J connectivity index is 1.55. The lowest BCUT2D eigenvalue weighted by atomic mass is 10.3. The van der Waals surface area contributed by atoms with E-state index in [1.165, 1.54) is 16.7 Å². The molecule has 0 spiro atoms. The predicted molar refractivity (Wildman–Crippen MR) is 118 cm³/mol. The van der Waals surface area contributed by atoms with Crippen molar-refractivity contribution in [3.63, 3.8) is 0 Å². The van der Waals surface area contributed by atoms with Gasteiger partial charge in [0.2, 0.25) is 5.89 Å². The van der Waals surface area contributed by atoms with Gasteiger partial charge in [-0.25, -0.2) is 19.6 Å². The van der Waals surface area contributed by atoms with Crippen LogP contribution in [0.25, 0.3) is 28.3 Å². The van der Waals surface area contributed by atoms with E-state index in [0.29, 0.717) is 35.7 Å². The summed E-state index contributed by atoms with van der Waals surface area (Å²) in [5.41, 5.74) is 0.883. The molecule has 10 heteroatoms. The van der Waals surface area contributed by atoms with Crippen molar-refractivity contribution in [1.82, 2.24) is 24.1 Å². The molecule has 0 saturated heterocycles. The number of oxazole rings is 1. The number of aryl methyl sites for hydroxylation is 2. The molecule has 0 amide bonds. The monoisotopic (exact) mass is 437 g/mol. The number of aromatic nitrogens is 5. The van der Waals surface area contributed by atoms with Crippen LogP contribution in [0.15, 0.2) is 44.3 Å². The van der Waals surface area contributed by atoms with Gasteiger partial charge in [0, 0.05) is 25.2 Å². The molecule has 0 bridgehead atoms. The number of aromatic amines is 1. The molecule has 0 aliphatic rings. The first-order valence-corrected chi connectivity index (χ1v) is 10.4. The third-order valence-corrected chi connectivity index (χ3v) is 5.03. The molecule has 0 unspecified atom stereocenters. The molecule has 4 aromatic rings. The second-order valence-corrected chi connectivity index (χ2v) is 7.17. The van der Waals surface area contributed by atoms with Gasteiger partial charge in [0.05, 0.1) is 0 Å². The normalized spacial score (nSPS) is 11.7. The van der Waals surface area contributed by atoms with Gasteiger partial charge in [-0.2, -0.15) is 0 Å². The van der Waals surface area contributed by atoms with Crippen molar-refractivity contribution in [1.29, 1.82) is 0 Å². The average Bonchev–Trinajstić information content (AvgIpc) is 3.37. The number of ether oxygens (including phenoxy) is 1. The number of benzene rings is 1. The maximum Gasteiger partial charge on any atom is 0.331 e. The van der Waals surface area contributed by atoms with E-state index in [0.717, 1.165) is 12.8 Å². The molecule has 3 aromatic heterocycles. The minimum Gasteiger partial charge on any atom is -0.454 e. The maximum atomic E-state index is 12.4. The maximum absolute atomic E-state index is 12.4. The summed E-state index contributed by atoms with van der Waals surface area (Å²) >= 11 is 0. The zero-order valence-corrected chi connectivity index (χ0v) is 17.8. The van der Waals surface area contributed by atoms with Crippen LogP contribution in [0.3, 0.4) is 0 Å². The first kappa shape index (κ1) is 21.3. The lowest BCUT2D eigenvalue weighted by Crippen LogP contribution is -2.31. The minimum absolute atomic E-state index is 0.152. The Morgan fingerprint density at radius 3 is 2.75 bits per heavy atom. The highest BCUT2D eigenvalue weighted by molar-refractivity contribution is 5.87. The van der Waals surface area contributed by atoms with Crippen LogP contribution in [-0.2, 0) is 29.2 Å². The smallest absolute Gasteiger partial charge is 0.331 e. The summed E-state index contributed by atoms with van der Waals surface area (Å²) in [5.74, 6) is 0.0575.